The molecule has 15 atom stereocenters. The Hall–Kier alpha value is -0.500. The highest BCUT2D eigenvalue weighted by molar-refractivity contribution is 5.18. The second kappa shape index (κ2) is 12.5. The first-order valence-electron chi connectivity index (χ1n) is 17.1. The summed E-state index contributed by atoms with van der Waals surface area (Å²) in [5.74, 6) is 5.90. The highest BCUT2D eigenvalue weighted by Crippen LogP contribution is 2.67. The largest absolute Gasteiger partial charge is 0.394 e. The summed E-state index contributed by atoms with van der Waals surface area (Å²) in [6.45, 7) is 14.5. The Morgan fingerprint density at radius 1 is 0.878 bits per heavy atom. The third kappa shape index (κ3) is 5.73. The second-order valence-corrected chi connectivity index (χ2v) is 15.7. The molecule has 0 spiro atoms. The molecule has 4 N–H and O–H groups in total. The number of rotatable bonds is 9. The highest BCUT2D eigenvalue weighted by Gasteiger charge is 2.59. The van der Waals surface area contributed by atoms with Crippen LogP contribution in [-0.2, 0) is 9.47 Å². The van der Waals surface area contributed by atoms with E-state index >= 15 is 0 Å². The first kappa shape index (κ1) is 31.9. The van der Waals surface area contributed by atoms with Gasteiger partial charge in [0.25, 0.3) is 0 Å². The van der Waals surface area contributed by atoms with Gasteiger partial charge < -0.3 is 29.9 Å². The molecule has 0 bridgehead atoms. The zero-order valence-electron chi connectivity index (χ0n) is 26.6. The fourth-order valence-corrected chi connectivity index (χ4v) is 10.7. The average molecular weight is 577 g/mol. The second-order valence-electron chi connectivity index (χ2n) is 15.7. The van der Waals surface area contributed by atoms with Gasteiger partial charge in [-0.1, -0.05) is 66.5 Å². The number of aliphatic hydroxyl groups excluding tert-OH is 4. The Labute approximate surface area is 249 Å². The van der Waals surface area contributed by atoms with Gasteiger partial charge in [-0.05, 0) is 110 Å². The Bertz CT molecular complexity index is 905. The Balaban J connectivity index is 1.24. The monoisotopic (exact) mass is 576 g/mol. The topological polar surface area (TPSA) is 99.4 Å². The van der Waals surface area contributed by atoms with Gasteiger partial charge in [0.1, 0.15) is 24.4 Å². The molecule has 1 saturated heterocycles. The van der Waals surface area contributed by atoms with Crippen LogP contribution >= 0.6 is 0 Å². The molecule has 236 valence electrons. The summed E-state index contributed by atoms with van der Waals surface area (Å²) in [5, 5.41) is 40.4. The lowest BCUT2D eigenvalue weighted by molar-refractivity contribution is -0.315. The van der Waals surface area contributed by atoms with Gasteiger partial charge in [0, 0.05) is 0 Å². The van der Waals surface area contributed by atoms with E-state index in [1.165, 1.54) is 44.9 Å². The van der Waals surface area contributed by atoms with Gasteiger partial charge in [-0.2, -0.15) is 0 Å². The first-order valence-corrected chi connectivity index (χ1v) is 17.1. The van der Waals surface area contributed by atoms with Crippen molar-refractivity contribution in [2.45, 2.75) is 143 Å². The van der Waals surface area contributed by atoms with E-state index in [1.807, 2.05) is 0 Å². The maximum atomic E-state index is 10.5. The van der Waals surface area contributed by atoms with E-state index in [9.17, 15) is 20.4 Å². The van der Waals surface area contributed by atoms with Crippen molar-refractivity contribution < 1.29 is 29.9 Å². The molecule has 1 aliphatic heterocycles. The molecule has 1 heterocycles. The predicted molar refractivity (Wildman–Crippen MR) is 161 cm³/mol. The smallest absolute Gasteiger partial charge is 0.186 e. The number of ether oxygens (including phenoxy) is 2. The molecule has 0 aromatic carbocycles. The average Bonchev–Trinajstić information content (AvgIpc) is 3.30. The zero-order valence-corrected chi connectivity index (χ0v) is 26.6. The molecule has 4 aliphatic carbocycles. The van der Waals surface area contributed by atoms with Crippen molar-refractivity contribution in [2.75, 3.05) is 6.61 Å². The zero-order chi connectivity index (χ0) is 29.7. The molecular weight excluding hydrogens is 516 g/mol. The van der Waals surface area contributed by atoms with Crippen LogP contribution < -0.4 is 0 Å². The molecule has 15 unspecified atom stereocenters. The van der Waals surface area contributed by atoms with Gasteiger partial charge in [0.05, 0.1) is 12.7 Å². The van der Waals surface area contributed by atoms with Crippen LogP contribution in [0.25, 0.3) is 0 Å². The molecule has 5 rings (SSSR count). The molecule has 3 saturated carbocycles. The van der Waals surface area contributed by atoms with E-state index in [1.54, 1.807) is 0 Å². The van der Waals surface area contributed by atoms with E-state index in [0.717, 1.165) is 48.9 Å². The summed E-state index contributed by atoms with van der Waals surface area (Å²) in [7, 11) is 0. The van der Waals surface area contributed by atoms with Gasteiger partial charge in [-0.25, -0.2) is 0 Å². The molecule has 0 aromatic rings. The molecule has 0 aromatic heterocycles. The fraction of sp³-hybridized carbons (Fsp3) is 0.943. The number of allylic oxidation sites excluding steroid dienone is 2. The van der Waals surface area contributed by atoms with E-state index < -0.39 is 37.3 Å². The van der Waals surface area contributed by atoms with E-state index in [-0.39, 0.29) is 11.5 Å². The number of hydrogen-bond acceptors (Lipinski definition) is 6. The third-order valence-corrected chi connectivity index (χ3v) is 13.5. The number of hydrogen-bond donors (Lipinski definition) is 4. The maximum Gasteiger partial charge on any atom is 0.186 e. The molecule has 0 amide bonds. The normalized spacial score (nSPS) is 49.3. The minimum atomic E-state index is -1.40. The van der Waals surface area contributed by atoms with Crippen LogP contribution in [-0.4, -0.2) is 63.8 Å². The summed E-state index contributed by atoms with van der Waals surface area (Å²) in [5.41, 5.74) is 0.711. The van der Waals surface area contributed by atoms with Gasteiger partial charge in [0.2, 0.25) is 0 Å². The quantitative estimate of drug-likeness (QED) is 0.263. The first-order chi connectivity index (χ1) is 19.4. The van der Waals surface area contributed by atoms with E-state index in [0.29, 0.717) is 23.2 Å². The summed E-state index contributed by atoms with van der Waals surface area (Å²) < 4.78 is 11.9. The van der Waals surface area contributed by atoms with Crippen molar-refractivity contribution in [3.63, 3.8) is 0 Å². The van der Waals surface area contributed by atoms with Gasteiger partial charge in [-0.15, -0.1) is 0 Å². The van der Waals surface area contributed by atoms with Gasteiger partial charge in [-0.3, -0.25) is 0 Å². The molecule has 4 fully saturated rings. The lowest BCUT2D eigenvalue weighted by Gasteiger charge is -2.59. The Morgan fingerprint density at radius 3 is 2.27 bits per heavy atom. The SMILES string of the molecule is CCC(CCC(C)C1CCC2C3C=CC4CC(OC5OC(CO)C(O)C(O)C5O)CCC4(C)C3CCC12C)C(C)C. The minimum absolute atomic E-state index is 0.0842. The molecule has 6 heteroatoms. The molecule has 6 nitrogen and oxygen atoms in total. The van der Waals surface area contributed by atoms with Crippen molar-refractivity contribution in [1.29, 1.82) is 0 Å². The molecule has 5 aliphatic rings. The summed E-state index contributed by atoms with van der Waals surface area (Å²) in [4.78, 5) is 0. The van der Waals surface area contributed by atoms with Crippen LogP contribution in [0.1, 0.15) is 106 Å². The fourth-order valence-electron chi connectivity index (χ4n) is 10.7. The lowest BCUT2D eigenvalue weighted by atomic mass is 9.46. The lowest BCUT2D eigenvalue weighted by Crippen LogP contribution is -2.60. The molecule has 0 radical (unpaired) electrons. The standard InChI is InChI=1S/C35H60O6/c1-7-22(20(2)3)9-8-21(4)26-12-13-27-25-11-10-23-18-24(14-16-34(23,5)28(25)15-17-35(26,27)6)40-33-32(39)31(38)30(37)29(19-36)41-33/h10-11,20-33,36-39H,7-9,12-19H2,1-6H3. The van der Waals surface area contributed by atoms with Crippen molar-refractivity contribution in [3.8, 4) is 0 Å². The van der Waals surface area contributed by atoms with Crippen molar-refractivity contribution >= 4 is 0 Å². The van der Waals surface area contributed by atoms with Crippen molar-refractivity contribution in [2.24, 2.45) is 58.2 Å². The van der Waals surface area contributed by atoms with E-state index in [4.69, 9.17) is 9.47 Å². The van der Waals surface area contributed by atoms with Crippen molar-refractivity contribution in [1.82, 2.24) is 0 Å². The summed E-state index contributed by atoms with van der Waals surface area (Å²) in [6, 6.07) is 0. The maximum absolute atomic E-state index is 10.5. The van der Waals surface area contributed by atoms with Crippen LogP contribution in [0.2, 0.25) is 0 Å². The van der Waals surface area contributed by atoms with Crippen molar-refractivity contribution in [3.05, 3.63) is 12.2 Å². The van der Waals surface area contributed by atoms with Crippen LogP contribution in [0, 0.1) is 58.2 Å². The Kier molecular flexibility index (Phi) is 9.71. The summed E-state index contributed by atoms with van der Waals surface area (Å²) >= 11 is 0. The molecule has 41 heavy (non-hydrogen) atoms. The Morgan fingerprint density at radius 2 is 1.59 bits per heavy atom. The molecular formula is C35H60O6. The van der Waals surface area contributed by atoms with E-state index in [2.05, 4.69) is 53.7 Å². The van der Waals surface area contributed by atoms with Crippen LogP contribution in [0.3, 0.4) is 0 Å². The summed E-state index contributed by atoms with van der Waals surface area (Å²) in [6.07, 6.45) is 11.3. The van der Waals surface area contributed by atoms with Crippen LogP contribution in [0.4, 0.5) is 0 Å². The third-order valence-electron chi connectivity index (χ3n) is 13.5. The number of aliphatic hydroxyl groups is 4. The predicted octanol–water partition coefficient (Wildman–Crippen LogP) is 5.70. The van der Waals surface area contributed by atoms with Gasteiger partial charge in [0.15, 0.2) is 6.29 Å². The van der Waals surface area contributed by atoms with Crippen LogP contribution in [0.15, 0.2) is 12.2 Å². The van der Waals surface area contributed by atoms with Gasteiger partial charge >= 0.3 is 0 Å². The minimum Gasteiger partial charge on any atom is -0.394 e. The highest BCUT2D eigenvalue weighted by atomic mass is 16.7. The number of fused-ring (bicyclic) bond motifs is 5. The van der Waals surface area contributed by atoms with Crippen LogP contribution in [0.5, 0.6) is 0 Å².